The lowest BCUT2D eigenvalue weighted by Gasteiger charge is -2.29. The van der Waals surface area contributed by atoms with E-state index in [4.69, 9.17) is 9.73 Å². The Morgan fingerprint density at radius 1 is 1.12 bits per heavy atom. The number of carbonyl (C=O) groups is 1. The number of ketones is 1. The number of anilines is 1. The Kier molecular flexibility index (Phi) is 5.71. The Bertz CT molecular complexity index is 809. The molecule has 2 aromatic rings. The van der Waals surface area contributed by atoms with Gasteiger partial charge in [0.15, 0.2) is 5.78 Å². The van der Waals surface area contributed by atoms with Crippen LogP contribution in [0.4, 0.5) is 5.69 Å². The van der Waals surface area contributed by atoms with E-state index in [2.05, 4.69) is 36.9 Å². The fourth-order valence-electron chi connectivity index (χ4n) is 3.24. The molecule has 0 atom stereocenters. The van der Waals surface area contributed by atoms with Gasteiger partial charge in [-0.2, -0.15) is 0 Å². The molecule has 0 saturated carbocycles. The van der Waals surface area contributed by atoms with Gasteiger partial charge in [-0.05, 0) is 68.1 Å². The number of Topliss-reactive ketones (excluding diaryl/α,β-unsaturated/α-hetero) is 1. The third-order valence-electron chi connectivity index (χ3n) is 4.78. The summed E-state index contributed by atoms with van der Waals surface area (Å²) in [5.41, 5.74) is 4.11. The van der Waals surface area contributed by atoms with Gasteiger partial charge in [0, 0.05) is 24.2 Å². The number of rotatable bonds is 5. The van der Waals surface area contributed by atoms with Crippen molar-refractivity contribution >= 4 is 17.3 Å². The van der Waals surface area contributed by atoms with Crippen LogP contribution in [0.1, 0.15) is 40.7 Å². The predicted octanol–water partition coefficient (Wildman–Crippen LogP) is 4.58. The highest BCUT2D eigenvalue weighted by Crippen LogP contribution is 2.25. The van der Waals surface area contributed by atoms with Gasteiger partial charge in [0.2, 0.25) is 0 Å². The first-order valence-electron chi connectivity index (χ1n) is 9.14. The molecule has 4 nitrogen and oxygen atoms in total. The molecule has 0 spiro atoms. The Balaban J connectivity index is 1.91. The van der Waals surface area contributed by atoms with Crippen molar-refractivity contribution in [1.82, 2.24) is 0 Å². The van der Waals surface area contributed by atoms with Crippen molar-refractivity contribution in [2.45, 2.75) is 33.1 Å². The highest BCUT2D eigenvalue weighted by Gasteiger charge is 2.21. The monoisotopic (exact) mass is 350 g/mol. The molecule has 0 saturated heterocycles. The van der Waals surface area contributed by atoms with Crippen LogP contribution < -0.4 is 9.64 Å². The topological polar surface area (TPSA) is 41.9 Å². The zero-order valence-electron chi connectivity index (χ0n) is 15.8. The van der Waals surface area contributed by atoms with Crippen LogP contribution in [-0.2, 0) is 0 Å². The van der Waals surface area contributed by atoms with Crippen LogP contribution in [-0.4, -0.2) is 31.8 Å². The molecule has 0 unspecified atom stereocenters. The summed E-state index contributed by atoms with van der Waals surface area (Å²) in [5.74, 6) is 1.86. The van der Waals surface area contributed by atoms with Crippen LogP contribution >= 0.6 is 0 Å². The van der Waals surface area contributed by atoms with Gasteiger partial charge in [0.25, 0.3) is 0 Å². The van der Waals surface area contributed by atoms with Crippen molar-refractivity contribution in [2.75, 3.05) is 25.1 Å². The number of aryl methyl sites for hydroxylation is 2. The normalized spacial score (nSPS) is 13.9. The minimum atomic E-state index is 0.0850. The summed E-state index contributed by atoms with van der Waals surface area (Å²) < 4.78 is 5.18. The van der Waals surface area contributed by atoms with Crippen molar-refractivity contribution in [3.05, 3.63) is 59.2 Å². The molecule has 0 radical (unpaired) electrons. The van der Waals surface area contributed by atoms with Gasteiger partial charge in [0.05, 0.1) is 13.7 Å². The van der Waals surface area contributed by atoms with Crippen LogP contribution in [0.25, 0.3) is 0 Å². The maximum atomic E-state index is 12.9. The van der Waals surface area contributed by atoms with Crippen molar-refractivity contribution < 1.29 is 9.53 Å². The molecular weight excluding hydrogens is 324 g/mol. The largest absolute Gasteiger partial charge is 0.497 e. The summed E-state index contributed by atoms with van der Waals surface area (Å²) in [5, 5.41) is 0. The van der Waals surface area contributed by atoms with E-state index in [1.165, 1.54) is 5.56 Å². The van der Waals surface area contributed by atoms with E-state index in [1.54, 1.807) is 7.11 Å². The van der Waals surface area contributed by atoms with Crippen molar-refractivity contribution in [1.29, 1.82) is 0 Å². The molecule has 26 heavy (non-hydrogen) atoms. The molecule has 0 amide bonds. The molecule has 136 valence electrons. The zero-order chi connectivity index (χ0) is 18.5. The smallest absolute Gasteiger partial charge is 0.182 e. The van der Waals surface area contributed by atoms with Gasteiger partial charge in [-0.15, -0.1) is 0 Å². The van der Waals surface area contributed by atoms with E-state index in [0.29, 0.717) is 12.1 Å². The quantitative estimate of drug-likeness (QED) is 0.741. The van der Waals surface area contributed by atoms with Gasteiger partial charge < -0.3 is 9.64 Å². The van der Waals surface area contributed by atoms with Gasteiger partial charge >= 0.3 is 0 Å². The molecule has 3 rings (SSSR count). The first kappa shape index (κ1) is 18.2. The Morgan fingerprint density at radius 2 is 1.88 bits per heavy atom. The number of carbonyl (C=O) groups excluding carboxylic acids is 1. The van der Waals surface area contributed by atoms with E-state index >= 15 is 0 Å². The average molecular weight is 350 g/mol. The Labute approximate surface area is 155 Å². The van der Waals surface area contributed by atoms with Gasteiger partial charge in [-0.3, -0.25) is 9.79 Å². The van der Waals surface area contributed by atoms with Crippen molar-refractivity contribution in [3.8, 4) is 5.75 Å². The van der Waals surface area contributed by atoms with E-state index < -0.39 is 0 Å². The van der Waals surface area contributed by atoms with E-state index in [1.807, 2.05) is 24.3 Å². The summed E-state index contributed by atoms with van der Waals surface area (Å²) in [4.78, 5) is 19.8. The number of benzene rings is 2. The maximum absolute atomic E-state index is 12.9. The summed E-state index contributed by atoms with van der Waals surface area (Å²) in [7, 11) is 1.63. The van der Waals surface area contributed by atoms with Crippen molar-refractivity contribution in [3.63, 3.8) is 0 Å². The predicted molar refractivity (Wildman–Crippen MR) is 107 cm³/mol. The summed E-state index contributed by atoms with van der Waals surface area (Å²) in [6.45, 7) is 5.31. The minimum absolute atomic E-state index is 0.0850. The summed E-state index contributed by atoms with van der Waals surface area (Å²) in [6.07, 6.45) is 3.16. The second-order valence-electron chi connectivity index (χ2n) is 6.78. The summed E-state index contributed by atoms with van der Waals surface area (Å²) >= 11 is 0. The lowest BCUT2D eigenvalue weighted by Crippen LogP contribution is -2.37. The highest BCUT2D eigenvalue weighted by molar-refractivity contribution is 6.07. The second kappa shape index (κ2) is 8.17. The number of aliphatic imine (C=N–C) groups is 1. The first-order valence-corrected chi connectivity index (χ1v) is 9.14. The number of amidine groups is 1. The first-order chi connectivity index (χ1) is 12.6. The van der Waals surface area contributed by atoms with Crippen LogP contribution in [0.15, 0.2) is 47.5 Å². The third-order valence-corrected chi connectivity index (χ3v) is 4.78. The number of nitrogens with zero attached hydrogens (tertiary/aromatic N) is 2. The van der Waals surface area contributed by atoms with Gasteiger partial charge in [0.1, 0.15) is 11.6 Å². The zero-order valence-corrected chi connectivity index (χ0v) is 15.8. The molecule has 0 fully saturated rings. The molecule has 1 aliphatic rings. The van der Waals surface area contributed by atoms with E-state index in [-0.39, 0.29) is 5.78 Å². The van der Waals surface area contributed by atoms with Crippen molar-refractivity contribution in [2.24, 2.45) is 4.99 Å². The molecule has 2 aromatic carbocycles. The number of ether oxygens (including phenoxy) is 1. The molecule has 0 N–H and O–H groups in total. The molecule has 0 bridgehead atoms. The lowest BCUT2D eigenvalue weighted by atomic mass is 10.1. The Hall–Kier alpha value is -2.62. The second-order valence-corrected chi connectivity index (χ2v) is 6.78. The number of hydrogen-bond donors (Lipinski definition) is 0. The van der Waals surface area contributed by atoms with Crippen LogP contribution in [0.5, 0.6) is 5.75 Å². The van der Waals surface area contributed by atoms with E-state index in [9.17, 15) is 4.79 Å². The molecule has 4 heteroatoms. The maximum Gasteiger partial charge on any atom is 0.182 e. The fourth-order valence-corrected chi connectivity index (χ4v) is 3.24. The number of hydrogen-bond acceptors (Lipinski definition) is 4. The molecular formula is C22H26N2O2. The highest BCUT2D eigenvalue weighted by atomic mass is 16.5. The molecule has 0 aliphatic carbocycles. The van der Waals surface area contributed by atoms with Crippen LogP contribution in [0, 0.1) is 13.8 Å². The third kappa shape index (κ3) is 4.13. The standard InChI is InChI=1S/C22H26N2O2/c1-16-7-8-17(2)20(14-16)24(22-6-4-5-13-23-22)15-21(25)18-9-11-19(26-3)12-10-18/h7-12,14H,4-6,13,15H2,1-3H3. The average Bonchev–Trinajstić information content (AvgIpc) is 2.68. The van der Waals surface area contributed by atoms with E-state index in [0.717, 1.165) is 48.6 Å². The van der Waals surface area contributed by atoms with Crippen LogP contribution in [0.2, 0.25) is 0 Å². The minimum Gasteiger partial charge on any atom is -0.497 e. The molecule has 1 heterocycles. The number of methoxy groups -OCH3 is 1. The summed E-state index contributed by atoms with van der Waals surface area (Å²) in [6, 6.07) is 13.7. The Morgan fingerprint density at radius 3 is 2.54 bits per heavy atom. The lowest BCUT2D eigenvalue weighted by molar-refractivity contribution is 0.100. The SMILES string of the molecule is COc1ccc(C(=O)CN(C2=NCCCC2)c2cc(C)ccc2C)cc1. The fraction of sp³-hybridized carbons (Fsp3) is 0.364. The molecule has 1 aliphatic heterocycles. The molecule has 0 aromatic heterocycles. The van der Waals surface area contributed by atoms with Crippen LogP contribution in [0.3, 0.4) is 0 Å². The van der Waals surface area contributed by atoms with Gasteiger partial charge in [-0.1, -0.05) is 12.1 Å². The van der Waals surface area contributed by atoms with Gasteiger partial charge in [-0.25, -0.2) is 0 Å².